The summed E-state index contributed by atoms with van der Waals surface area (Å²) in [4.78, 5) is 29.2. The predicted octanol–water partition coefficient (Wildman–Crippen LogP) is 5.74. The van der Waals surface area contributed by atoms with Crippen molar-refractivity contribution in [2.75, 3.05) is 7.11 Å². The smallest absolute Gasteiger partial charge is 0.160 e. The van der Waals surface area contributed by atoms with Crippen molar-refractivity contribution in [2.24, 2.45) is 5.92 Å². The van der Waals surface area contributed by atoms with E-state index in [1.54, 1.807) is 30.3 Å². The molecule has 1 heterocycles. The highest BCUT2D eigenvalue weighted by molar-refractivity contribution is 6.01. The third-order valence-electron chi connectivity index (χ3n) is 6.94. The largest absolute Gasteiger partial charge is 0.508 e. The number of benzene rings is 2. The van der Waals surface area contributed by atoms with Gasteiger partial charge in [-0.25, -0.2) is 0 Å². The minimum absolute atomic E-state index is 0.0376. The van der Waals surface area contributed by atoms with Gasteiger partial charge in [0.25, 0.3) is 0 Å². The molecule has 36 heavy (non-hydrogen) atoms. The number of fused-ring (bicyclic) bond motifs is 1. The van der Waals surface area contributed by atoms with Gasteiger partial charge in [0.2, 0.25) is 0 Å². The first-order chi connectivity index (χ1) is 17.4. The number of allylic oxidation sites excluding steroid dienone is 1. The van der Waals surface area contributed by atoms with Crippen molar-refractivity contribution in [3.8, 4) is 17.2 Å². The summed E-state index contributed by atoms with van der Waals surface area (Å²) >= 11 is 0. The van der Waals surface area contributed by atoms with E-state index in [1.165, 1.54) is 7.11 Å². The van der Waals surface area contributed by atoms with Crippen molar-refractivity contribution in [2.45, 2.75) is 50.9 Å². The number of hydrogen-bond donors (Lipinski definition) is 3. The topological polar surface area (TPSA) is 99.6 Å². The Morgan fingerprint density at radius 1 is 1.00 bits per heavy atom. The molecular weight excluding hydrogens is 454 g/mol. The van der Waals surface area contributed by atoms with Crippen LogP contribution in [0.15, 0.2) is 60.8 Å². The number of nitrogens with one attached hydrogen (secondary N) is 1. The number of rotatable bonds is 12. The average Bonchev–Trinajstić information content (AvgIpc) is 3.35. The van der Waals surface area contributed by atoms with Gasteiger partial charge in [-0.1, -0.05) is 30.7 Å². The molecule has 0 bridgehead atoms. The number of H-pyrrole nitrogens is 1. The van der Waals surface area contributed by atoms with E-state index in [9.17, 15) is 19.8 Å². The second kappa shape index (κ2) is 11.8. The molecule has 0 fully saturated rings. The van der Waals surface area contributed by atoms with Crippen molar-refractivity contribution in [3.05, 3.63) is 83.2 Å². The van der Waals surface area contributed by atoms with Crippen LogP contribution in [0.3, 0.4) is 0 Å². The van der Waals surface area contributed by atoms with Crippen molar-refractivity contribution >= 4 is 17.6 Å². The van der Waals surface area contributed by atoms with Crippen LogP contribution in [0.1, 0.15) is 60.4 Å². The normalized spacial score (nSPS) is 16.5. The number of aromatic hydroxyl groups is 2. The van der Waals surface area contributed by atoms with Gasteiger partial charge >= 0.3 is 0 Å². The number of aryl methyl sites for hydroxylation is 2. The summed E-state index contributed by atoms with van der Waals surface area (Å²) in [6.07, 6.45) is 10.1. The maximum atomic E-state index is 13.2. The number of aromatic amines is 1. The fourth-order valence-corrected chi connectivity index (χ4v) is 5.02. The summed E-state index contributed by atoms with van der Waals surface area (Å²) in [5, 5.41) is 19.4. The molecule has 188 valence electrons. The Balaban J connectivity index is 1.33. The number of carbonyl (C=O) groups excluding carboxylic acids is 2. The predicted molar refractivity (Wildman–Crippen MR) is 139 cm³/mol. The minimum Gasteiger partial charge on any atom is -0.508 e. The standard InChI is InChI=1S/C30H33NO5/c1-36-30-18-21(10-14-28(30)34)9-11-23(33)19-29(35)26-12-13-27-25(15-16-31-27)24(26)8-3-2-5-20-6-4-7-22(32)17-20/h4,6-7,10,12-18,24,26,31-32,34H,2-3,5,8-9,11,19H2,1H3/t24-,26-/m1/s1. The lowest BCUT2D eigenvalue weighted by Gasteiger charge is -2.27. The number of Topliss-reactive ketones (excluding diaryl/α,β-unsaturated/α-hetero) is 2. The fourth-order valence-electron chi connectivity index (χ4n) is 5.02. The van der Waals surface area contributed by atoms with E-state index in [-0.39, 0.29) is 47.7 Å². The molecule has 3 aromatic rings. The molecule has 6 nitrogen and oxygen atoms in total. The molecule has 0 unspecified atom stereocenters. The zero-order chi connectivity index (χ0) is 25.5. The van der Waals surface area contributed by atoms with Crippen LogP contribution in [0.25, 0.3) is 6.08 Å². The van der Waals surface area contributed by atoms with E-state index in [1.807, 2.05) is 36.5 Å². The van der Waals surface area contributed by atoms with Crippen molar-refractivity contribution in [1.82, 2.24) is 4.98 Å². The lowest BCUT2D eigenvalue weighted by Crippen LogP contribution is -2.25. The van der Waals surface area contributed by atoms with Crippen molar-refractivity contribution < 1.29 is 24.5 Å². The van der Waals surface area contributed by atoms with E-state index in [0.717, 1.165) is 48.1 Å². The van der Waals surface area contributed by atoms with Crippen molar-refractivity contribution in [1.29, 1.82) is 0 Å². The first-order valence-electron chi connectivity index (χ1n) is 12.5. The summed E-state index contributed by atoms with van der Waals surface area (Å²) in [6, 6.07) is 14.4. The SMILES string of the molecule is COc1cc(CCC(=O)CC(=O)[C@@H]2C=Cc3[nH]ccc3[C@H]2CCCCc2cccc(O)c2)ccc1O. The Morgan fingerprint density at radius 3 is 2.64 bits per heavy atom. The van der Waals surface area contributed by atoms with Crippen LogP contribution in [0.5, 0.6) is 17.2 Å². The molecular formula is C30H33NO5. The number of phenolic OH excluding ortho intramolecular Hbond substituents is 2. The number of phenols is 2. The van der Waals surface area contributed by atoms with Gasteiger partial charge in [0.15, 0.2) is 11.5 Å². The Kier molecular flexibility index (Phi) is 8.26. The molecule has 0 radical (unpaired) electrons. The van der Waals surface area contributed by atoms with Crippen LogP contribution in [-0.2, 0) is 22.4 Å². The third-order valence-corrected chi connectivity index (χ3v) is 6.94. The van der Waals surface area contributed by atoms with Crippen LogP contribution in [-0.4, -0.2) is 33.9 Å². The maximum absolute atomic E-state index is 13.2. The number of hydrogen-bond acceptors (Lipinski definition) is 5. The second-order valence-electron chi connectivity index (χ2n) is 9.44. The highest BCUT2D eigenvalue weighted by Crippen LogP contribution is 2.38. The average molecular weight is 488 g/mol. The molecule has 0 aliphatic heterocycles. The van der Waals surface area contributed by atoms with Gasteiger partial charge in [-0.3, -0.25) is 9.59 Å². The third kappa shape index (κ3) is 6.25. The highest BCUT2D eigenvalue weighted by Gasteiger charge is 2.32. The molecule has 0 saturated heterocycles. The van der Waals surface area contributed by atoms with Gasteiger partial charge in [-0.15, -0.1) is 0 Å². The Morgan fingerprint density at radius 2 is 1.83 bits per heavy atom. The van der Waals surface area contributed by atoms with Crippen LogP contribution >= 0.6 is 0 Å². The van der Waals surface area contributed by atoms with Gasteiger partial charge in [0.1, 0.15) is 17.3 Å². The van der Waals surface area contributed by atoms with E-state index >= 15 is 0 Å². The van der Waals surface area contributed by atoms with Crippen LogP contribution in [0, 0.1) is 5.92 Å². The quantitative estimate of drug-likeness (QED) is 0.224. The van der Waals surface area contributed by atoms with Crippen molar-refractivity contribution in [3.63, 3.8) is 0 Å². The van der Waals surface area contributed by atoms with E-state index in [4.69, 9.17) is 4.74 Å². The molecule has 0 saturated carbocycles. The Hall–Kier alpha value is -3.80. The fraction of sp³-hybridized carbons (Fsp3) is 0.333. The summed E-state index contributed by atoms with van der Waals surface area (Å²) in [5.74, 6) is 0.324. The molecule has 1 aliphatic carbocycles. The number of ether oxygens (including phenoxy) is 1. The minimum atomic E-state index is -0.313. The molecule has 2 atom stereocenters. The second-order valence-corrected chi connectivity index (χ2v) is 9.44. The highest BCUT2D eigenvalue weighted by atomic mass is 16.5. The maximum Gasteiger partial charge on any atom is 0.160 e. The lowest BCUT2D eigenvalue weighted by molar-refractivity contribution is -0.128. The summed E-state index contributed by atoms with van der Waals surface area (Å²) in [7, 11) is 1.49. The lowest BCUT2D eigenvalue weighted by atomic mass is 9.75. The summed E-state index contributed by atoms with van der Waals surface area (Å²) < 4.78 is 5.13. The number of methoxy groups -OCH3 is 1. The molecule has 3 N–H and O–H groups in total. The number of aromatic nitrogens is 1. The van der Waals surface area contributed by atoms with E-state index in [0.29, 0.717) is 12.2 Å². The van der Waals surface area contributed by atoms with Gasteiger partial charge < -0.3 is 19.9 Å². The molecule has 1 aliphatic rings. The van der Waals surface area contributed by atoms with Crippen LogP contribution < -0.4 is 4.74 Å². The molecule has 6 heteroatoms. The summed E-state index contributed by atoms with van der Waals surface area (Å²) in [5.41, 5.74) is 4.15. The Bertz CT molecular complexity index is 1240. The molecule has 0 amide bonds. The molecule has 1 aromatic heterocycles. The van der Waals surface area contributed by atoms with E-state index in [2.05, 4.69) is 4.98 Å². The summed E-state index contributed by atoms with van der Waals surface area (Å²) in [6.45, 7) is 0. The zero-order valence-corrected chi connectivity index (χ0v) is 20.6. The number of unbranched alkanes of at least 4 members (excludes halogenated alkanes) is 1. The molecule has 2 aromatic carbocycles. The molecule has 0 spiro atoms. The van der Waals surface area contributed by atoms with Gasteiger partial charge in [-0.05, 0) is 84.7 Å². The Labute approximate surface area is 211 Å². The number of ketones is 2. The van der Waals surface area contributed by atoms with Gasteiger partial charge in [-0.2, -0.15) is 0 Å². The van der Waals surface area contributed by atoms with Crippen LogP contribution in [0.2, 0.25) is 0 Å². The van der Waals surface area contributed by atoms with Crippen LogP contribution in [0.4, 0.5) is 0 Å². The zero-order valence-electron chi connectivity index (χ0n) is 20.6. The first-order valence-corrected chi connectivity index (χ1v) is 12.5. The number of carbonyl (C=O) groups is 2. The van der Waals surface area contributed by atoms with E-state index < -0.39 is 0 Å². The van der Waals surface area contributed by atoms with Gasteiger partial charge in [0.05, 0.1) is 13.5 Å². The molecule has 4 rings (SSSR count). The first kappa shape index (κ1) is 25.3. The monoisotopic (exact) mass is 487 g/mol. The van der Waals surface area contributed by atoms with Gasteiger partial charge in [0, 0.05) is 24.2 Å².